The predicted molar refractivity (Wildman–Crippen MR) is 68.6 cm³/mol. The zero-order valence-electron chi connectivity index (χ0n) is 11.2. The summed E-state index contributed by atoms with van der Waals surface area (Å²) in [5.74, 6) is -1.97. The van der Waals surface area contributed by atoms with E-state index in [0.29, 0.717) is 19.0 Å². The second kappa shape index (κ2) is 5.91. The molecular formula is C14H15F4NO2. The van der Waals surface area contributed by atoms with Crippen LogP contribution < -0.4 is 4.90 Å². The minimum absolute atomic E-state index is 0.0361. The SMILES string of the molecule is O=C(O)CC1CCCCN1c1ccc(C(F)(F)F)cc1F. The molecule has 1 aromatic carbocycles. The van der Waals surface area contributed by atoms with Crippen LogP contribution in [-0.4, -0.2) is 23.7 Å². The average Bonchev–Trinajstić information content (AvgIpc) is 2.38. The van der Waals surface area contributed by atoms with E-state index in [1.165, 1.54) is 0 Å². The van der Waals surface area contributed by atoms with Gasteiger partial charge < -0.3 is 10.0 Å². The van der Waals surface area contributed by atoms with Gasteiger partial charge in [-0.3, -0.25) is 4.79 Å². The van der Waals surface area contributed by atoms with Crippen molar-refractivity contribution >= 4 is 11.7 Å². The van der Waals surface area contributed by atoms with Gasteiger partial charge in [-0.05, 0) is 37.5 Å². The van der Waals surface area contributed by atoms with E-state index in [0.717, 1.165) is 25.0 Å². The molecule has 1 fully saturated rings. The third kappa shape index (κ3) is 3.65. The molecule has 1 N–H and O–H groups in total. The first-order valence-electron chi connectivity index (χ1n) is 6.64. The van der Waals surface area contributed by atoms with Gasteiger partial charge in [0.15, 0.2) is 0 Å². The summed E-state index contributed by atoms with van der Waals surface area (Å²) in [4.78, 5) is 12.4. The normalized spacial score (nSPS) is 19.6. The molecule has 0 radical (unpaired) electrons. The first-order valence-corrected chi connectivity index (χ1v) is 6.64. The molecule has 0 amide bonds. The second-order valence-electron chi connectivity index (χ2n) is 5.10. The molecule has 1 aliphatic rings. The molecule has 3 nitrogen and oxygen atoms in total. The molecule has 1 atom stereocenters. The van der Waals surface area contributed by atoms with Crippen LogP contribution in [0.1, 0.15) is 31.2 Å². The number of carboxylic acids is 1. The van der Waals surface area contributed by atoms with Crippen LogP contribution in [-0.2, 0) is 11.0 Å². The largest absolute Gasteiger partial charge is 0.481 e. The van der Waals surface area contributed by atoms with E-state index in [-0.39, 0.29) is 18.2 Å². The Morgan fingerprint density at radius 1 is 1.33 bits per heavy atom. The Balaban J connectivity index is 2.28. The number of benzene rings is 1. The number of carbonyl (C=O) groups is 1. The highest BCUT2D eigenvalue weighted by molar-refractivity contribution is 5.68. The van der Waals surface area contributed by atoms with Crippen molar-refractivity contribution in [2.45, 2.75) is 37.9 Å². The molecule has 1 heterocycles. The summed E-state index contributed by atoms with van der Waals surface area (Å²) in [7, 11) is 0. The lowest BCUT2D eigenvalue weighted by Crippen LogP contribution is -2.41. The Kier molecular flexibility index (Phi) is 4.39. The van der Waals surface area contributed by atoms with Crippen LogP contribution in [0.15, 0.2) is 18.2 Å². The summed E-state index contributed by atoms with van der Waals surface area (Å²) in [5.41, 5.74) is -1.01. The van der Waals surface area contributed by atoms with Crippen LogP contribution in [0.4, 0.5) is 23.2 Å². The van der Waals surface area contributed by atoms with Crippen molar-refractivity contribution in [3.63, 3.8) is 0 Å². The van der Waals surface area contributed by atoms with E-state index < -0.39 is 23.5 Å². The molecule has 1 aliphatic heterocycles. The van der Waals surface area contributed by atoms with Gasteiger partial charge in [0.05, 0.1) is 17.7 Å². The fourth-order valence-electron chi connectivity index (χ4n) is 2.65. The summed E-state index contributed by atoms with van der Waals surface area (Å²) < 4.78 is 51.6. The van der Waals surface area contributed by atoms with Crippen LogP contribution in [0.5, 0.6) is 0 Å². The summed E-state index contributed by atoms with van der Waals surface area (Å²) in [6.45, 7) is 0.445. The van der Waals surface area contributed by atoms with Gasteiger partial charge in [-0.1, -0.05) is 0 Å². The van der Waals surface area contributed by atoms with E-state index >= 15 is 0 Å². The smallest absolute Gasteiger partial charge is 0.416 e. The molecule has 0 aromatic heterocycles. The molecular weight excluding hydrogens is 290 g/mol. The topological polar surface area (TPSA) is 40.5 Å². The van der Waals surface area contributed by atoms with Crippen molar-refractivity contribution in [2.24, 2.45) is 0 Å². The Labute approximate surface area is 119 Å². The lowest BCUT2D eigenvalue weighted by molar-refractivity contribution is -0.138. The molecule has 7 heteroatoms. The molecule has 1 aromatic rings. The Morgan fingerprint density at radius 2 is 2.05 bits per heavy atom. The van der Waals surface area contributed by atoms with Crippen molar-refractivity contribution in [3.8, 4) is 0 Å². The van der Waals surface area contributed by atoms with Crippen LogP contribution >= 0.6 is 0 Å². The van der Waals surface area contributed by atoms with Gasteiger partial charge in [0, 0.05) is 12.6 Å². The fourth-order valence-corrected chi connectivity index (χ4v) is 2.65. The van der Waals surface area contributed by atoms with Crippen LogP contribution in [0, 0.1) is 5.82 Å². The number of piperidine rings is 1. The maximum Gasteiger partial charge on any atom is 0.416 e. The molecule has 116 valence electrons. The van der Waals surface area contributed by atoms with Crippen LogP contribution in [0.3, 0.4) is 0 Å². The van der Waals surface area contributed by atoms with Crippen LogP contribution in [0.25, 0.3) is 0 Å². The van der Waals surface area contributed by atoms with E-state index in [1.54, 1.807) is 4.90 Å². The quantitative estimate of drug-likeness (QED) is 0.866. The lowest BCUT2D eigenvalue weighted by Gasteiger charge is -2.37. The maximum atomic E-state index is 14.0. The molecule has 0 spiro atoms. The van der Waals surface area contributed by atoms with E-state index in [9.17, 15) is 22.4 Å². The number of nitrogens with zero attached hydrogens (tertiary/aromatic N) is 1. The monoisotopic (exact) mass is 305 g/mol. The summed E-state index contributed by atoms with van der Waals surface area (Å²) in [5, 5.41) is 8.88. The van der Waals surface area contributed by atoms with E-state index in [1.807, 2.05) is 0 Å². The van der Waals surface area contributed by atoms with Gasteiger partial charge >= 0.3 is 12.1 Å². The highest BCUT2D eigenvalue weighted by Crippen LogP contribution is 2.34. The van der Waals surface area contributed by atoms with Gasteiger partial charge in [-0.2, -0.15) is 13.2 Å². The molecule has 1 unspecified atom stereocenters. The summed E-state index contributed by atoms with van der Waals surface area (Å²) >= 11 is 0. The van der Waals surface area contributed by atoms with Gasteiger partial charge in [0.2, 0.25) is 0 Å². The van der Waals surface area contributed by atoms with Crippen molar-refractivity contribution in [1.29, 1.82) is 0 Å². The minimum atomic E-state index is -4.60. The average molecular weight is 305 g/mol. The number of rotatable bonds is 3. The van der Waals surface area contributed by atoms with Crippen molar-refractivity contribution in [2.75, 3.05) is 11.4 Å². The molecule has 0 aliphatic carbocycles. The number of halogens is 4. The predicted octanol–water partition coefficient (Wildman–Crippen LogP) is 3.68. The first kappa shape index (κ1) is 15.6. The number of hydrogen-bond donors (Lipinski definition) is 1. The fraction of sp³-hybridized carbons (Fsp3) is 0.500. The van der Waals surface area contributed by atoms with Crippen LogP contribution in [0.2, 0.25) is 0 Å². The van der Waals surface area contributed by atoms with E-state index in [4.69, 9.17) is 5.11 Å². The highest BCUT2D eigenvalue weighted by Gasteiger charge is 2.33. The maximum absolute atomic E-state index is 14.0. The van der Waals surface area contributed by atoms with Gasteiger partial charge in [-0.25, -0.2) is 4.39 Å². The minimum Gasteiger partial charge on any atom is -0.481 e. The highest BCUT2D eigenvalue weighted by atomic mass is 19.4. The van der Waals surface area contributed by atoms with Gasteiger partial charge in [0.25, 0.3) is 0 Å². The zero-order valence-corrected chi connectivity index (χ0v) is 11.2. The third-order valence-corrected chi connectivity index (χ3v) is 3.62. The Morgan fingerprint density at radius 3 is 2.62 bits per heavy atom. The number of aliphatic carboxylic acids is 1. The molecule has 21 heavy (non-hydrogen) atoms. The number of alkyl halides is 3. The summed E-state index contributed by atoms with van der Waals surface area (Å²) in [6, 6.07) is 1.98. The van der Waals surface area contributed by atoms with Crippen molar-refractivity contribution < 1.29 is 27.5 Å². The summed E-state index contributed by atoms with van der Waals surface area (Å²) in [6.07, 6.45) is -2.57. The molecule has 0 saturated carbocycles. The zero-order chi connectivity index (χ0) is 15.6. The third-order valence-electron chi connectivity index (χ3n) is 3.62. The molecule has 0 bridgehead atoms. The molecule has 1 saturated heterocycles. The number of hydrogen-bond acceptors (Lipinski definition) is 2. The Hall–Kier alpha value is -1.79. The van der Waals surface area contributed by atoms with Crippen molar-refractivity contribution in [3.05, 3.63) is 29.6 Å². The van der Waals surface area contributed by atoms with Gasteiger partial charge in [-0.15, -0.1) is 0 Å². The standard InChI is InChI=1S/C14H15F4NO2/c15-11-7-9(14(16,17)18)4-5-12(11)19-6-2-1-3-10(19)8-13(20)21/h4-5,7,10H,1-3,6,8H2,(H,20,21). The Bertz CT molecular complexity index is 530. The second-order valence-corrected chi connectivity index (χ2v) is 5.10. The van der Waals surface area contributed by atoms with Gasteiger partial charge in [0.1, 0.15) is 5.82 Å². The first-order chi connectivity index (χ1) is 9.79. The van der Waals surface area contributed by atoms with E-state index in [2.05, 4.69) is 0 Å². The molecule has 2 rings (SSSR count). The lowest BCUT2D eigenvalue weighted by atomic mass is 9.98. The number of anilines is 1. The number of carboxylic acid groups (broad SMARTS) is 1. The van der Waals surface area contributed by atoms with Crippen molar-refractivity contribution in [1.82, 2.24) is 0 Å².